The average molecular weight is 298 g/mol. The van der Waals surface area contributed by atoms with Crippen molar-refractivity contribution in [3.8, 4) is 0 Å². The van der Waals surface area contributed by atoms with E-state index in [0.717, 1.165) is 5.69 Å². The van der Waals surface area contributed by atoms with Gasteiger partial charge in [0.1, 0.15) is 6.04 Å². The van der Waals surface area contributed by atoms with Crippen LogP contribution < -0.4 is 16.0 Å². The number of benzene rings is 1. The number of halogens is 1. The molecule has 1 aromatic rings. The van der Waals surface area contributed by atoms with Gasteiger partial charge in [-0.3, -0.25) is 19.7 Å². The van der Waals surface area contributed by atoms with Gasteiger partial charge in [-0.25, -0.2) is 0 Å². The van der Waals surface area contributed by atoms with Crippen molar-refractivity contribution in [2.45, 2.75) is 25.8 Å². The van der Waals surface area contributed by atoms with E-state index in [1.54, 1.807) is 24.3 Å². The second-order valence-electron chi connectivity index (χ2n) is 4.41. The van der Waals surface area contributed by atoms with Gasteiger partial charge in [-0.05, 0) is 24.6 Å². The maximum absolute atomic E-state index is 11.6. The van der Waals surface area contributed by atoms with Gasteiger partial charge in [0, 0.05) is 24.7 Å². The molecule has 0 radical (unpaired) electrons. The van der Waals surface area contributed by atoms with Gasteiger partial charge in [0.25, 0.3) is 0 Å². The van der Waals surface area contributed by atoms with E-state index in [-0.39, 0.29) is 30.1 Å². The largest absolute Gasteiger partial charge is 0.374 e. The zero-order chi connectivity index (χ0) is 13.8. The molecule has 1 aromatic carbocycles. The Labute approximate surface area is 122 Å². The molecular weight excluding hydrogens is 282 g/mol. The summed E-state index contributed by atoms with van der Waals surface area (Å²) in [5.41, 5.74) is 1.38. The highest BCUT2D eigenvalue weighted by Crippen LogP contribution is 2.18. The van der Waals surface area contributed by atoms with Gasteiger partial charge in [-0.15, -0.1) is 12.4 Å². The van der Waals surface area contributed by atoms with Crippen LogP contribution in [-0.2, 0) is 14.4 Å². The molecule has 1 heterocycles. The van der Waals surface area contributed by atoms with Crippen LogP contribution in [0.4, 0.5) is 11.4 Å². The van der Waals surface area contributed by atoms with E-state index < -0.39 is 6.04 Å². The van der Waals surface area contributed by atoms with Crippen molar-refractivity contribution in [1.82, 2.24) is 5.32 Å². The Kier molecular flexibility index (Phi) is 5.52. The lowest BCUT2D eigenvalue weighted by Crippen LogP contribution is -2.47. The fourth-order valence-electron chi connectivity index (χ4n) is 1.92. The standard InChI is InChI=1S/C13H15N3O3.ClH/c1-8(17)14-9-3-2-4-10(7-9)15-11-5-6-12(18)16-13(11)19;/h2-4,7,11,15H,5-6H2,1H3,(H,14,17)(H,16,18,19);1H/t11-;/m1./s1. The number of imide groups is 1. The van der Waals surface area contributed by atoms with E-state index in [1.165, 1.54) is 6.92 Å². The highest BCUT2D eigenvalue weighted by Gasteiger charge is 2.26. The van der Waals surface area contributed by atoms with Crippen molar-refractivity contribution < 1.29 is 14.4 Å². The summed E-state index contributed by atoms with van der Waals surface area (Å²) >= 11 is 0. The third-order valence-electron chi connectivity index (χ3n) is 2.76. The van der Waals surface area contributed by atoms with Crippen LogP contribution in [0.5, 0.6) is 0 Å². The van der Waals surface area contributed by atoms with Gasteiger partial charge in [0.05, 0.1) is 0 Å². The van der Waals surface area contributed by atoms with E-state index in [1.807, 2.05) is 0 Å². The van der Waals surface area contributed by atoms with E-state index in [2.05, 4.69) is 16.0 Å². The molecule has 0 aliphatic carbocycles. The van der Waals surface area contributed by atoms with Crippen LogP contribution in [0.15, 0.2) is 24.3 Å². The second kappa shape index (κ2) is 6.91. The quantitative estimate of drug-likeness (QED) is 0.734. The summed E-state index contributed by atoms with van der Waals surface area (Å²) in [5.74, 6) is -0.714. The zero-order valence-corrected chi connectivity index (χ0v) is 11.8. The van der Waals surface area contributed by atoms with Crippen LogP contribution in [0, 0.1) is 0 Å². The maximum atomic E-state index is 11.6. The van der Waals surface area contributed by atoms with Crippen molar-refractivity contribution >= 4 is 41.5 Å². The first-order valence-electron chi connectivity index (χ1n) is 6.02. The number of nitrogens with one attached hydrogen (secondary N) is 3. The monoisotopic (exact) mass is 297 g/mol. The minimum absolute atomic E-state index is 0. The third kappa shape index (κ3) is 4.24. The molecule has 0 spiro atoms. The lowest BCUT2D eigenvalue weighted by atomic mass is 10.1. The van der Waals surface area contributed by atoms with E-state index in [4.69, 9.17) is 0 Å². The zero-order valence-electron chi connectivity index (χ0n) is 10.9. The molecule has 1 aliphatic rings. The lowest BCUT2D eigenvalue weighted by molar-refractivity contribution is -0.133. The number of carbonyl (C=O) groups is 3. The summed E-state index contributed by atoms with van der Waals surface area (Å²) in [6.45, 7) is 1.43. The molecule has 20 heavy (non-hydrogen) atoms. The molecule has 0 saturated carbocycles. The van der Waals surface area contributed by atoms with Crippen molar-refractivity contribution in [2.24, 2.45) is 0 Å². The molecule has 2 rings (SSSR count). The fourth-order valence-corrected chi connectivity index (χ4v) is 1.92. The minimum Gasteiger partial charge on any atom is -0.374 e. The molecule has 3 amide bonds. The number of hydrogen-bond acceptors (Lipinski definition) is 4. The van der Waals surface area contributed by atoms with Crippen LogP contribution in [-0.4, -0.2) is 23.8 Å². The molecule has 7 heteroatoms. The molecule has 0 aromatic heterocycles. The lowest BCUT2D eigenvalue weighted by Gasteiger charge is -2.23. The predicted octanol–water partition coefficient (Wildman–Crippen LogP) is 1.28. The predicted molar refractivity (Wildman–Crippen MR) is 77.8 cm³/mol. The maximum Gasteiger partial charge on any atom is 0.249 e. The Balaban J connectivity index is 0.00000200. The molecule has 108 valence electrons. The molecule has 1 aliphatic heterocycles. The smallest absolute Gasteiger partial charge is 0.249 e. The Bertz CT molecular complexity index is 533. The molecule has 3 N–H and O–H groups in total. The normalized spacial score (nSPS) is 17.8. The van der Waals surface area contributed by atoms with Crippen LogP contribution in [0.25, 0.3) is 0 Å². The van der Waals surface area contributed by atoms with E-state index >= 15 is 0 Å². The number of hydrogen-bond donors (Lipinski definition) is 3. The molecular formula is C13H16ClN3O3. The van der Waals surface area contributed by atoms with E-state index in [9.17, 15) is 14.4 Å². The van der Waals surface area contributed by atoms with Crippen molar-refractivity contribution in [2.75, 3.05) is 10.6 Å². The third-order valence-corrected chi connectivity index (χ3v) is 2.76. The summed E-state index contributed by atoms with van der Waals surface area (Å²) < 4.78 is 0. The number of rotatable bonds is 3. The Hall–Kier alpha value is -2.08. The Morgan fingerprint density at radius 2 is 2.00 bits per heavy atom. The summed E-state index contributed by atoms with van der Waals surface area (Å²) in [6, 6.07) is 6.65. The van der Waals surface area contributed by atoms with Gasteiger partial charge in [-0.2, -0.15) is 0 Å². The van der Waals surface area contributed by atoms with Gasteiger partial charge < -0.3 is 10.6 Å². The molecule has 6 nitrogen and oxygen atoms in total. The first-order valence-corrected chi connectivity index (χ1v) is 6.02. The summed E-state index contributed by atoms with van der Waals surface area (Å²) in [5, 5.41) is 8.00. The minimum atomic E-state index is -0.426. The van der Waals surface area contributed by atoms with Gasteiger partial charge >= 0.3 is 0 Å². The highest BCUT2D eigenvalue weighted by atomic mass is 35.5. The van der Waals surface area contributed by atoms with Crippen LogP contribution in [0.2, 0.25) is 0 Å². The molecule has 1 saturated heterocycles. The van der Waals surface area contributed by atoms with Crippen molar-refractivity contribution in [3.05, 3.63) is 24.3 Å². The Morgan fingerprint density at radius 3 is 2.65 bits per heavy atom. The topological polar surface area (TPSA) is 87.3 Å². The Morgan fingerprint density at radius 1 is 1.30 bits per heavy atom. The van der Waals surface area contributed by atoms with Crippen LogP contribution in [0.3, 0.4) is 0 Å². The second-order valence-corrected chi connectivity index (χ2v) is 4.41. The first kappa shape index (κ1) is 16.0. The molecule has 0 bridgehead atoms. The van der Waals surface area contributed by atoms with Gasteiger partial charge in [0.2, 0.25) is 17.7 Å². The van der Waals surface area contributed by atoms with E-state index in [0.29, 0.717) is 18.5 Å². The first-order chi connectivity index (χ1) is 9.04. The fraction of sp³-hybridized carbons (Fsp3) is 0.308. The molecule has 0 unspecified atom stereocenters. The number of carbonyl (C=O) groups excluding carboxylic acids is 3. The number of anilines is 2. The number of piperidine rings is 1. The summed E-state index contributed by atoms with van der Waals surface area (Å²) in [4.78, 5) is 33.6. The van der Waals surface area contributed by atoms with Crippen LogP contribution >= 0.6 is 12.4 Å². The highest BCUT2D eigenvalue weighted by molar-refractivity contribution is 6.01. The van der Waals surface area contributed by atoms with Crippen molar-refractivity contribution in [3.63, 3.8) is 0 Å². The van der Waals surface area contributed by atoms with Gasteiger partial charge in [-0.1, -0.05) is 6.07 Å². The summed E-state index contributed by atoms with van der Waals surface area (Å²) in [6.07, 6.45) is 0.795. The van der Waals surface area contributed by atoms with Gasteiger partial charge in [0.15, 0.2) is 0 Å². The SMILES string of the molecule is CC(=O)Nc1cccc(N[C@@H]2CCC(=O)NC2=O)c1.Cl. The number of amides is 3. The van der Waals surface area contributed by atoms with Crippen molar-refractivity contribution in [1.29, 1.82) is 0 Å². The van der Waals surface area contributed by atoms with Crippen LogP contribution in [0.1, 0.15) is 19.8 Å². The average Bonchev–Trinajstić information content (AvgIpc) is 2.32. The molecule has 1 fully saturated rings. The summed E-state index contributed by atoms with van der Waals surface area (Å²) in [7, 11) is 0. The molecule has 1 atom stereocenters.